The number of carbonyl (C=O) groups is 1. The molecule has 218 valence electrons. The summed E-state index contributed by atoms with van der Waals surface area (Å²) in [5.41, 5.74) is 4.22. The molecule has 5 rings (SSSR count). The summed E-state index contributed by atoms with van der Waals surface area (Å²) in [7, 11) is 1.66. The van der Waals surface area contributed by atoms with Crippen molar-refractivity contribution in [3.63, 3.8) is 0 Å². The lowest BCUT2D eigenvalue weighted by Gasteiger charge is -2.33. The second-order valence-electron chi connectivity index (χ2n) is 11.8. The SMILES string of the molecule is COc1ccc(COc2cc(C3CCN(C(=O)OC(C)(C)C)CC3)n3ncc(-c4sc(C(C)C)nc4C)c3n2)cc1. The molecule has 3 aromatic heterocycles. The average molecular weight is 578 g/mol. The van der Waals surface area contributed by atoms with Gasteiger partial charge in [0.25, 0.3) is 0 Å². The molecule has 0 saturated carbocycles. The van der Waals surface area contributed by atoms with Gasteiger partial charge < -0.3 is 19.1 Å². The molecular weight excluding hydrogens is 538 g/mol. The molecule has 1 fully saturated rings. The second kappa shape index (κ2) is 11.7. The van der Waals surface area contributed by atoms with E-state index in [-0.39, 0.29) is 12.0 Å². The molecule has 0 unspecified atom stereocenters. The molecule has 0 spiro atoms. The minimum absolute atomic E-state index is 0.184. The van der Waals surface area contributed by atoms with E-state index in [2.05, 4.69) is 13.8 Å². The number of carbonyl (C=O) groups excluding carboxylic acids is 1. The van der Waals surface area contributed by atoms with Crippen molar-refractivity contribution in [1.29, 1.82) is 0 Å². The van der Waals surface area contributed by atoms with Crippen LogP contribution < -0.4 is 9.47 Å². The maximum atomic E-state index is 12.7. The molecule has 0 atom stereocenters. The highest BCUT2D eigenvalue weighted by Crippen LogP contribution is 2.38. The first-order valence-corrected chi connectivity index (χ1v) is 14.9. The largest absolute Gasteiger partial charge is 0.497 e. The molecule has 1 aromatic carbocycles. The molecule has 41 heavy (non-hydrogen) atoms. The number of benzene rings is 1. The van der Waals surface area contributed by atoms with Gasteiger partial charge >= 0.3 is 6.09 Å². The van der Waals surface area contributed by atoms with Gasteiger partial charge in [-0.3, -0.25) is 0 Å². The van der Waals surface area contributed by atoms with Crippen LogP contribution in [0.25, 0.3) is 16.1 Å². The van der Waals surface area contributed by atoms with E-state index in [1.807, 2.05) is 68.7 Å². The summed E-state index contributed by atoms with van der Waals surface area (Å²) in [5.74, 6) is 1.88. The van der Waals surface area contributed by atoms with Crippen molar-refractivity contribution in [3.05, 3.63) is 58.5 Å². The molecule has 0 bridgehead atoms. The summed E-state index contributed by atoms with van der Waals surface area (Å²) >= 11 is 1.69. The molecular formula is C31H39N5O4S. The average Bonchev–Trinajstić information content (AvgIpc) is 3.54. The Morgan fingerprint density at radius 1 is 1.12 bits per heavy atom. The fourth-order valence-electron chi connectivity index (χ4n) is 4.97. The van der Waals surface area contributed by atoms with Crippen molar-refractivity contribution in [3.8, 4) is 22.1 Å². The molecule has 0 radical (unpaired) electrons. The molecule has 10 heteroatoms. The van der Waals surface area contributed by atoms with E-state index in [0.29, 0.717) is 31.5 Å². The lowest BCUT2D eigenvalue weighted by molar-refractivity contribution is 0.0203. The second-order valence-corrected chi connectivity index (χ2v) is 12.8. The Labute approximate surface area is 245 Å². The Morgan fingerprint density at radius 3 is 2.44 bits per heavy atom. The summed E-state index contributed by atoms with van der Waals surface area (Å²) in [6.07, 6.45) is 3.22. The third-order valence-corrected chi connectivity index (χ3v) is 8.63. The minimum atomic E-state index is -0.517. The number of hydrogen-bond acceptors (Lipinski definition) is 8. The number of thiazole rings is 1. The van der Waals surface area contributed by atoms with E-state index in [1.165, 1.54) is 0 Å². The van der Waals surface area contributed by atoms with Gasteiger partial charge in [-0.2, -0.15) is 10.1 Å². The van der Waals surface area contributed by atoms with E-state index in [4.69, 9.17) is 29.3 Å². The number of fused-ring (bicyclic) bond motifs is 1. The Hall–Kier alpha value is -3.66. The van der Waals surface area contributed by atoms with Gasteiger partial charge in [0.2, 0.25) is 5.88 Å². The number of piperidine rings is 1. The van der Waals surface area contributed by atoms with Gasteiger partial charge in [0, 0.05) is 31.0 Å². The van der Waals surface area contributed by atoms with Gasteiger partial charge in [-0.05, 0) is 58.2 Å². The predicted molar refractivity (Wildman–Crippen MR) is 160 cm³/mol. The lowest BCUT2D eigenvalue weighted by atomic mass is 9.93. The minimum Gasteiger partial charge on any atom is -0.497 e. The Balaban J connectivity index is 1.47. The highest BCUT2D eigenvalue weighted by Gasteiger charge is 2.30. The quantitative estimate of drug-likeness (QED) is 0.234. The predicted octanol–water partition coefficient (Wildman–Crippen LogP) is 6.99. The number of aromatic nitrogens is 4. The van der Waals surface area contributed by atoms with Crippen LogP contribution in [0.1, 0.15) is 81.3 Å². The molecule has 1 amide bonds. The van der Waals surface area contributed by atoms with Crippen LogP contribution in [-0.4, -0.2) is 56.4 Å². The first-order valence-electron chi connectivity index (χ1n) is 14.1. The van der Waals surface area contributed by atoms with Crippen LogP contribution in [0.2, 0.25) is 0 Å². The van der Waals surface area contributed by atoms with Gasteiger partial charge in [-0.25, -0.2) is 14.3 Å². The van der Waals surface area contributed by atoms with E-state index >= 15 is 0 Å². The normalized spacial score (nSPS) is 14.6. The first kappa shape index (κ1) is 28.9. The van der Waals surface area contributed by atoms with Crippen LogP contribution >= 0.6 is 11.3 Å². The van der Waals surface area contributed by atoms with Crippen LogP contribution in [0.4, 0.5) is 4.79 Å². The molecule has 4 heterocycles. The number of amides is 1. The number of likely N-dealkylation sites (tertiary alicyclic amines) is 1. The maximum Gasteiger partial charge on any atom is 0.410 e. The van der Waals surface area contributed by atoms with Crippen LogP contribution in [-0.2, 0) is 11.3 Å². The highest BCUT2D eigenvalue weighted by atomic mass is 32.1. The fourth-order valence-corrected chi connectivity index (χ4v) is 6.04. The third kappa shape index (κ3) is 6.48. The number of aryl methyl sites for hydroxylation is 1. The van der Waals surface area contributed by atoms with Gasteiger partial charge in [0.15, 0.2) is 5.65 Å². The third-order valence-electron chi connectivity index (χ3n) is 7.14. The van der Waals surface area contributed by atoms with Crippen molar-refractivity contribution in [2.45, 2.75) is 78.4 Å². The van der Waals surface area contributed by atoms with Crippen molar-refractivity contribution in [2.24, 2.45) is 0 Å². The summed E-state index contributed by atoms with van der Waals surface area (Å²) in [6.45, 7) is 13.6. The first-order chi connectivity index (χ1) is 19.5. The van der Waals surface area contributed by atoms with E-state index in [0.717, 1.165) is 56.6 Å². The van der Waals surface area contributed by atoms with E-state index in [1.54, 1.807) is 23.3 Å². The van der Waals surface area contributed by atoms with E-state index < -0.39 is 5.60 Å². The summed E-state index contributed by atoms with van der Waals surface area (Å²) in [5, 5.41) is 5.90. The molecule has 1 aliphatic rings. The molecule has 0 aliphatic carbocycles. The zero-order chi connectivity index (χ0) is 29.3. The number of ether oxygens (including phenoxy) is 3. The number of rotatable bonds is 7. The topological polar surface area (TPSA) is 91.1 Å². The van der Waals surface area contributed by atoms with Crippen LogP contribution in [0.3, 0.4) is 0 Å². The van der Waals surface area contributed by atoms with Gasteiger partial charge in [0.05, 0.1) is 40.1 Å². The summed E-state index contributed by atoms with van der Waals surface area (Å²) in [4.78, 5) is 25.3. The lowest BCUT2D eigenvalue weighted by Crippen LogP contribution is -2.41. The van der Waals surface area contributed by atoms with Gasteiger partial charge in [0.1, 0.15) is 18.0 Å². The Morgan fingerprint density at radius 2 is 1.83 bits per heavy atom. The molecule has 9 nitrogen and oxygen atoms in total. The summed E-state index contributed by atoms with van der Waals surface area (Å²) in [6, 6.07) is 9.83. The van der Waals surface area contributed by atoms with Crippen molar-refractivity contribution in [2.75, 3.05) is 20.2 Å². The number of nitrogens with zero attached hydrogens (tertiary/aromatic N) is 5. The van der Waals surface area contributed by atoms with Crippen LogP contribution in [0.15, 0.2) is 36.5 Å². The smallest absolute Gasteiger partial charge is 0.410 e. The van der Waals surface area contributed by atoms with Crippen molar-refractivity contribution >= 4 is 23.1 Å². The summed E-state index contributed by atoms with van der Waals surface area (Å²) < 4.78 is 19.1. The van der Waals surface area contributed by atoms with Gasteiger partial charge in [-0.1, -0.05) is 26.0 Å². The molecule has 4 aromatic rings. The maximum absolute atomic E-state index is 12.7. The monoisotopic (exact) mass is 577 g/mol. The van der Waals surface area contributed by atoms with Gasteiger partial charge in [-0.15, -0.1) is 11.3 Å². The standard InChI is InChI=1S/C31H39N5O4S/c1-19(2)29-33-20(3)27(41-29)24-17-32-36-25(22-12-14-35(15-13-22)30(37)40-31(4,5)6)16-26(34-28(24)36)39-18-21-8-10-23(38-7)11-9-21/h8-11,16-17,19,22H,12-15,18H2,1-7H3. The Kier molecular flexibility index (Phi) is 8.22. The molecule has 1 saturated heterocycles. The zero-order valence-electron chi connectivity index (χ0n) is 24.9. The van der Waals surface area contributed by atoms with Crippen molar-refractivity contribution in [1.82, 2.24) is 24.5 Å². The molecule has 1 aliphatic heterocycles. The van der Waals surface area contributed by atoms with Crippen LogP contribution in [0.5, 0.6) is 11.6 Å². The fraction of sp³-hybridized carbons (Fsp3) is 0.484. The van der Waals surface area contributed by atoms with Crippen LogP contribution in [0, 0.1) is 6.92 Å². The zero-order valence-corrected chi connectivity index (χ0v) is 25.7. The highest BCUT2D eigenvalue weighted by molar-refractivity contribution is 7.15. The molecule has 0 N–H and O–H groups in total. The Bertz CT molecular complexity index is 1510. The van der Waals surface area contributed by atoms with Crippen molar-refractivity contribution < 1.29 is 19.0 Å². The number of methoxy groups -OCH3 is 1. The van der Waals surface area contributed by atoms with E-state index in [9.17, 15) is 4.79 Å². The number of hydrogen-bond donors (Lipinski definition) is 0.